The van der Waals surface area contributed by atoms with Gasteiger partial charge in [-0.05, 0) is 61.4 Å². The Kier molecular flexibility index (Phi) is 8.81. The van der Waals surface area contributed by atoms with E-state index in [-0.39, 0.29) is 11.2 Å². The van der Waals surface area contributed by atoms with E-state index in [4.69, 9.17) is 0 Å². The van der Waals surface area contributed by atoms with E-state index < -0.39 is 10.0 Å². The van der Waals surface area contributed by atoms with Crippen LogP contribution in [0.3, 0.4) is 0 Å². The van der Waals surface area contributed by atoms with E-state index in [2.05, 4.69) is 42.5 Å². The fourth-order valence-corrected chi connectivity index (χ4v) is 5.47. The first-order chi connectivity index (χ1) is 13.3. The molecule has 0 spiro atoms. The molecule has 0 radical (unpaired) electrons. The lowest BCUT2D eigenvalue weighted by molar-refractivity contribution is 0.109. The van der Waals surface area contributed by atoms with Crippen molar-refractivity contribution in [2.45, 2.75) is 78.1 Å². The third-order valence-electron chi connectivity index (χ3n) is 6.46. The van der Waals surface area contributed by atoms with Crippen LogP contribution in [-0.4, -0.2) is 38.7 Å². The number of piperidine rings is 1. The van der Waals surface area contributed by atoms with Crippen LogP contribution >= 0.6 is 0 Å². The van der Waals surface area contributed by atoms with E-state index in [1.54, 1.807) is 0 Å². The van der Waals surface area contributed by atoms with Gasteiger partial charge in [-0.1, -0.05) is 65.5 Å². The molecule has 1 aliphatic rings. The number of nitrogens with zero attached hydrogens (tertiary/aromatic N) is 1. The second-order valence-corrected chi connectivity index (χ2v) is 10.6. The van der Waals surface area contributed by atoms with Crippen LogP contribution in [0.1, 0.15) is 78.2 Å². The van der Waals surface area contributed by atoms with Crippen LogP contribution in [0.15, 0.2) is 24.3 Å². The van der Waals surface area contributed by atoms with Crippen molar-refractivity contribution in [1.29, 1.82) is 0 Å². The van der Waals surface area contributed by atoms with Crippen molar-refractivity contribution in [2.75, 3.05) is 30.1 Å². The quantitative estimate of drug-likeness (QED) is 0.498. The molecule has 160 valence electrons. The molecule has 1 heterocycles. The number of likely N-dealkylation sites (tertiary alicyclic amines) is 1. The Morgan fingerprint density at radius 1 is 1.14 bits per heavy atom. The van der Waals surface area contributed by atoms with Crippen molar-refractivity contribution in [3.05, 3.63) is 29.8 Å². The average molecular weight is 409 g/mol. The number of sulfonamides is 1. The molecular weight excluding hydrogens is 368 g/mol. The Bertz CT molecular complexity index is 704. The van der Waals surface area contributed by atoms with Gasteiger partial charge in [0.1, 0.15) is 0 Å². The molecule has 5 heteroatoms. The van der Waals surface area contributed by atoms with Gasteiger partial charge in [0.05, 0.1) is 5.75 Å². The standard InChI is InChI=1S/C23H40N2O2S/c1-5-7-9-10-15-25-16-14-23(4,20(3)19-25)21-12-11-13-22(18-21)24-28(26,27)17-8-6-2/h11-13,18,20,24H,5-10,14-17,19H2,1-4H3. The largest absolute Gasteiger partial charge is 0.303 e. The lowest BCUT2D eigenvalue weighted by Gasteiger charge is -2.45. The van der Waals surface area contributed by atoms with Crippen LogP contribution < -0.4 is 4.72 Å². The fourth-order valence-electron chi connectivity index (χ4n) is 4.21. The van der Waals surface area contributed by atoms with Crippen LogP contribution in [0.2, 0.25) is 0 Å². The monoisotopic (exact) mass is 408 g/mol. The van der Waals surface area contributed by atoms with E-state index in [0.717, 1.165) is 25.9 Å². The van der Waals surface area contributed by atoms with E-state index in [9.17, 15) is 8.42 Å². The van der Waals surface area contributed by atoms with Gasteiger partial charge in [0, 0.05) is 12.2 Å². The van der Waals surface area contributed by atoms with Crippen molar-refractivity contribution in [3.8, 4) is 0 Å². The summed E-state index contributed by atoms with van der Waals surface area (Å²) in [6, 6.07) is 8.07. The minimum Gasteiger partial charge on any atom is -0.303 e. The topological polar surface area (TPSA) is 49.4 Å². The number of hydrogen-bond acceptors (Lipinski definition) is 3. The molecule has 2 unspecified atom stereocenters. The molecule has 0 aliphatic carbocycles. The predicted octanol–water partition coefficient (Wildman–Crippen LogP) is 5.41. The van der Waals surface area contributed by atoms with Crippen LogP contribution in [0.25, 0.3) is 0 Å². The van der Waals surface area contributed by atoms with Gasteiger partial charge in [0.25, 0.3) is 0 Å². The maximum Gasteiger partial charge on any atom is 0.232 e. The van der Waals surface area contributed by atoms with Crippen LogP contribution in [0, 0.1) is 5.92 Å². The van der Waals surface area contributed by atoms with Crippen molar-refractivity contribution in [1.82, 2.24) is 4.90 Å². The average Bonchev–Trinajstić information content (AvgIpc) is 2.66. The molecule has 2 atom stereocenters. The van der Waals surface area contributed by atoms with Crippen LogP contribution in [-0.2, 0) is 15.4 Å². The highest BCUT2D eigenvalue weighted by Crippen LogP contribution is 2.40. The predicted molar refractivity (Wildman–Crippen MR) is 120 cm³/mol. The molecule has 1 N–H and O–H groups in total. The van der Waals surface area contributed by atoms with Gasteiger partial charge >= 0.3 is 0 Å². The van der Waals surface area contributed by atoms with Crippen molar-refractivity contribution in [3.63, 3.8) is 0 Å². The van der Waals surface area contributed by atoms with Gasteiger partial charge in [0.2, 0.25) is 10.0 Å². The Morgan fingerprint density at radius 3 is 2.57 bits per heavy atom. The zero-order chi connectivity index (χ0) is 20.6. The molecule has 4 nitrogen and oxygen atoms in total. The number of anilines is 1. The van der Waals surface area contributed by atoms with E-state index in [1.807, 2.05) is 19.1 Å². The molecular formula is C23H40N2O2S. The normalized spacial score (nSPS) is 23.6. The molecule has 1 aliphatic heterocycles. The zero-order valence-corrected chi connectivity index (χ0v) is 19.2. The van der Waals surface area contributed by atoms with Crippen molar-refractivity contribution >= 4 is 15.7 Å². The SMILES string of the molecule is CCCCCCN1CCC(C)(c2cccc(NS(=O)(=O)CCCC)c2)C(C)C1. The van der Waals surface area contributed by atoms with Gasteiger partial charge in [-0.2, -0.15) is 0 Å². The van der Waals surface area contributed by atoms with Gasteiger partial charge in [-0.3, -0.25) is 4.72 Å². The van der Waals surface area contributed by atoms with Gasteiger partial charge < -0.3 is 4.90 Å². The number of unbranched alkanes of at least 4 members (excludes halogenated alkanes) is 4. The lowest BCUT2D eigenvalue weighted by atomic mass is 9.68. The molecule has 1 aromatic rings. The Labute approximate surface area is 173 Å². The molecule has 1 fully saturated rings. The van der Waals surface area contributed by atoms with E-state index >= 15 is 0 Å². The smallest absolute Gasteiger partial charge is 0.232 e. The first-order valence-electron chi connectivity index (χ1n) is 11.1. The fraction of sp³-hybridized carbons (Fsp3) is 0.739. The number of hydrogen-bond donors (Lipinski definition) is 1. The maximum absolute atomic E-state index is 12.3. The van der Waals surface area contributed by atoms with Crippen LogP contribution in [0.5, 0.6) is 0 Å². The molecule has 28 heavy (non-hydrogen) atoms. The molecule has 0 saturated carbocycles. The minimum atomic E-state index is -3.26. The van der Waals surface area contributed by atoms with Crippen LogP contribution in [0.4, 0.5) is 5.69 Å². The summed E-state index contributed by atoms with van der Waals surface area (Å²) in [4.78, 5) is 2.61. The Morgan fingerprint density at radius 2 is 1.89 bits per heavy atom. The molecule has 0 aromatic heterocycles. The third kappa shape index (κ3) is 6.48. The first-order valence-corrected chi connectivity index (χ1v) is 12.8. The van der Waals surface area contributed by atoms with Gasteiger partial charge in [-0.25, -0.2) is 8.42 Å². The molecule has 0 bridgehead atoms. The molecule has 1 aromatic carbocycles. The number of nitrogens with one attached hydrogen (secondary N) is 1. The van der Waals surface area contributed by atoms with Crippen molar-refractivity contribution < 1.29 is 8.42 Å². The van der Waals surface area contributed by atoms with Gasteiger partial charge in [-0.15, -0.1) is 0 Å². The second-order valence-electron chi connectivity index (χ2n) is 8.79. The highest BCUT2D eigenvalue weighted by Gasteiger charge is 2.37. The summed E-state index contributed by atoms with van der Waals surface area (Å²) < 4.78 is 27.3. The molecule has 1 saturated heterocycles. The number of benzene rings is 1. The highest BCUT2D eigenvalue weighted by molar-refractivity contribution is 7.92. The summed E-state index contributed by atoms with van der Waals surface area (Å²) in [6.45, 7) is 12.4. The van der Waals surface area contributed by atoms with Crippen molar-refractivity contribution in [2.24, 2.45) is 5.92 Å². The highest BCUT2D eigenvalue weighted by atomic mass is 32.2. The van der Waals surface area contributed by atoms with E-state index in [0.29, 0.717) is 18.0 Å². The summed E-state index contributed by atoms with van der Waals surface area (Å²) in [5.74, 6) is 0.730. The minimum absolute atomic E-state index is 0.0881. The summed E-state index contributed by atoms with van der Waals surface area (Å²) in [7, 11) is -3.26. The molecule has 0 amide bonds. The van der Waals surface area contributed by atoms with E-state index in [1.165, 1.54) is 37.8 Å². The number of rotatable bonds is 11. The third-order valence-corrected chi connectivity index (χ3v) is 7.83. The Hall–Kier alpha value is -1.07. The zero-order valence-electron chi connectivity index (χ0n) is 18.3. The lowest BCUT2D eigenvalue weighted by Crippen LogP contribution is -2.47. The first kappa shape index (κ1) is 23.2. The summed E-state index contributed by atoms with van der Waals surface area (Å²) in [6.07, 6.45) is 7.94. The summed E-state index contributed by atoms with van der Waals surface area (Å²) >= 11 is 0. The Balaban J connectivity index is 2.02. The molecule has 2 rings (SSSR count). The summed E-state index contributed by atoms with van der Waals surface area (Å²) in [5.41, 5.74) is 2.04. The maximum atomic E-state index is 12.3. The van der Waals surface area contributed by atoms with Gasteiger partial charge in [0.15, 0.2) is 0 Å². The summed E-state index contributed by atoms with van der Waals surface area (Å²) in [5, 5.41) is 0. The second kappa shape index (κ2) is 10.6.